The molecule has 1 heterocycles. The number of rotatable bonds is 1. The summed E-state index contributed by atoms with van der Waals surface area (Å²) < 4.78 is 1.20. The Hall–Kier alpha value is -2.53. The zero-order valence-electron chi connectivity index (χ0n) is 10.5. The molecule has 0 spiro atoms. The Labute approximate surface area is 120 Å². The van der Waals surface area contributed by atoms with Gasteiger partial charge >= 0.3 is 0 Å². The van der Waals surface area contributed by atoms with Crippen molar-refractivity contribution < 1.29 is 0 Å². The molecule has 2 aromatic carbocycles. The highest BCUT2D eigenvalue weighted by atomic mass is 32.1. The third-order valence-electron chi connectivity index (χ3n) is 2.91. The van der Waals surface area contributed by atoms with Crippen molar-refractivity contribution in [1.82, 2.24) is 9.78 Å². The van der Waals surface area contributed by atoms with E-state index in [2.05, 4.69) is 10.4 Å². The van der Waals surface area contributed by atoms with E-state index in [1.54, 1.807) is 12.3 Å². The zero-order valence-corrected chi connectivity index (χ0v) is 11.3. The van der Waals surface area contributed by atoms with Crippen LogP contribution in [0.1, 0.15) is 0 Å². The van der Waals surface area contributed by atoms with Gasteiger partial charge in [0.05, 0.1) is 11.6 Å². The van der Waals surface area contributed by atoms with Crippen molar-refractivity contribution in [3.05, 3.63) is 71.1 Å². The Bertz CT molecular complexity index is 827. The molecule has 0 unspecified atom stereocenters. The van der Waals surface area contributed by atoms with Gasteiger partial charge in [0.1, 0.15) is 0 Å². The summed E-state index contributed by atoms with van der Waals surface area (Å²) in [4.78, 5) is 12.3. The quantitative estimate of drug-likeness (QED) is 0.697. The minimum absolute atomic E-state index is 0.225. The number of nitrogens with one attached hydrogen (secondary N) is 1. The molecule has 1 aromatic heterocycles. The molecule has 0 radical (unpaired) electrons. The van der Waals surface area contributed by atoms with Gasteiger partial charge in [-0.1, -0.05) is 36.4 Å². The van der Waals surface area contributed by atoms with Crippen molar-refractivity contribution in [1.29, 1.82) is 0 Å². The van der Waals surface area contributed by atoms with Crippen molar-refractivity contribution in [2.75, 3.05) is 5.32 Å². The number of nitrogens with zero attached hydrogens (tertiary/aromatic N) is 2. The van der Waals surface area contributed by atoms with E-state index in [9.17, 15) is 4.79 Å². The summed E-state index contributed by atoms with van der Waals surface area (Å²) in [5.74, 6) is 0. The average Bonchev–Trinajstić information content (AvgIpc) is 2.49. The summed E-state index contributed by atoms with van der Waals surface area (Å²) in [6.45, 7) is 0. The third-order valence-corrected chi connectivity index (χ3v) is 3.19. The van der Waals surface area contributed by atoms with Crippen LogP contribution in [0.2, 0.25) is 0 Å². The molecule has 0 aliphatic rings. The van der Waals surface area contributed by atoms with E-state index in [4.69, 9.17) is 12.2 Å². The molecule has 0 aliphatic carbocycles. The smallest absolute Gasteiger partial charge is 0.281 e. The Morgan fingerprint density at radius 2 is 1.75 bits per heavy atom. The van der Waals surface area contributed by atoms with Gasteiger partial charge in [0.2, 0.25) is 5.11 Å². The molecule has 20 heavy (non-hydrogen) atoms. The van der Waals surface area contributed by atoms with Crippen LogP contribution in [0, 0.1) is 0 Å². The first kappa shape index (κ1) is 12.5. The van der Waals surface area contributed by atoms with Crippen molar-refractivity contribution >= 4 is 33.8 Å². The van der Waals surface area contributed by atoms with Crippen LogP contribution in [0.3, 0.4) is 0 Å². The summed E-state index contributed by atoms with van der Waals surface area (Å²) in [6.07, 6.45) is 1.63. The lowest BCUT2D eigenvalue weighted by molar-refractivity contribution is 0.880. The zero-order chi connectivity index (χ0) is 13.9. The van der Waals surface area contributed by atoms with Gasteiger partial charge in [0.15, 0.2) is 0 Å². The number of anilines is 1. The maximum atomic E-state index is 12.3. The second-order valence-electron chi connectivity index (χ2n) is 4.24. The number of hydrogen-bond donors (Lipinski definition) is 1. The normalized spacial score (nSPS) is 10.4. The van der Waals surface area contributed by atoms with E-state index in [0.29, 0.717) is 5.39 Å². The molecule has 0 saturated heterocycles. The Morgan fingerprint density at radius 1 is 1.05 bits per heavy atom. The molecular weight excluding hydrogens is 270 g/mol. The molecule has 4 nitrogen and oxygen atoms in total. The van der Waals surface area contributed by atoms with Gasteiger partial charge < -0.3 is 5.32 Å². The SMILES string of the molecule is O=c1c2ccccc2cnn1C(=S)Nc1ccccc1. The van der Waals surface area contributed by atoms with E-state index < -0.39 is 0 Å². The van der Waals surface area contributed by atoms with E-state index in [0.717, 1.165) is 11.1 Å². The molecule has 0 fully saturated rings. The molecule has 1 N–H and O–H groups in total. The Balaban J connectivity index is 2.00. The summed E-state index contributed by atoms with van der Waals surface area (Å²) >= 11 is 5.24. The molecule has 5 heteroatoms. The van der Waals surface area contributed by atoms with Gasteiger partial charge in [0.25, 0.3) is 5.56 Å². The lowest BCUT2D eigenvalue weighted by Crippen LogP contribution is -2.32. The van der Waals surface area contributed by atoms with E-state index in [-0.39, 0.29) is 10.7 Å². The fourth-order valence-electron chi connectivity index (χ4n) is 1.93. The summed E-state index contributed by atoms with van der Waals surface area (Å²) in [6, 6.07) is 16.7. The van der Waals surface area contributed by atoms with Crippen LogP contribution >= 0.6 is 12.2 Å². The van der Waals surface area contributed by atoms with E-state index >= 15 is 0 Å². The van der Waals surface area contributed by atoms with Crippen LogP contribution in [-0.2, 0) is 0 Å². The van der Waals surface area contributed by atoms with Gasteiger partial charge in [-0.05, 0) is 30.4 Å². The largest absolute Gasteiger partial charge is 0.331 e. The Morgan fingerprint density at radius 3 is 2.55 bits per heavy atom. The standard InChI is InChI=1S/C15H11N3OS/c19-14-13-9-5-4-6-11(13)10-16-18(14)15(20)17-12-7-2-1-3-8-12/h1-10H,(H,17,20). The molecular formula is C15H11N3OS. The van der Waals surface area contributed by atoms with Crippen molar-refractivity contribution in [2.45, 2.75) is 0 Å². The Kier molecular flexibility index (Phi) is 3.26. The molecule has 98 valence electrons. The fourth-order valence-corrected chi connectivity index (χ4v) is 2.18. The molecule has 3 rings (SSSR count). The number of hydrogen-bond acceptors (Lipinski definition) is 3. The fraction of sp³-hybridized carbons (Fsp3) is 0. The number of fused-ring (bicyclic) bond motifs is 1. The highest BCUT2D eigenvalue weighted by molar-refractivity contribution is 7.80. The number of aromatic nitrogens is 2. The minimum Gasteiger partial charge on any atom is -0.331 e. The second-order valence-corrected chi connectivity index (χ2v) is 4.63. The van der Waals surface area contributed by atoms with Crippen LogP contribution in [0.4, 0.5) is 5.69 Å². The van der Waals surface area contributed by atoms with Gasteiger partial charge in [-0.2, -0.15) is 9.78 Å². The summed E-state index contributed by atoms with van der Waals surface area (Å²) in [7, 11) is 0. The highest BCUT2D eigenvalue weighted by Crippen LogP contribution is 2.08. The number of thiocarbonyl (C=S) groups is 1. The van der Waals surface area contributed by atoms with Crippen molar-refractivity contribution in [3.8, 4) is 0 Å². The summed E-state index contributed by atoms with van der Waals surface area (Å²) in [5, 5.41) is 8.75. The van der Waals surface area contributed by atoms with Gasteiger partial charge in [-0.25, -0.2) is 0 Å². The van der Waals surface area contributed by atoms with Gasteiger partial charge in [-0.15, -0.1) is 0 Å². The third kappa shape index (κ3) is 2.31. The van der Waals surface area contributed by atoms with Crippen LogP contribution in [0.25, 0.3) is 10.8 Å². The molecule has 3 aromatic rings. The van der Waals surface area contributed by atoms with Crippen LogP contribution < -0.4 is 10.9 Å². The maximum Gasteiger partial charge on any atom is 0.281 e. The van der Waals surface area contributed by atoms with E-state index in [1.165, 1.54) is 4.68 Å². The maximum absolute atomic E-state index is 12.3. The average molecular weight is 281 g/mol. The predicted octanol–water partition coefficient (Wildman–Crippen LogP) is 2.64. The molecule has 0 aliphatic heterocycles. The number of para-hydroxylation sites is 1. The molecule has 0 atom stereocenters. The molecule has 0 bridgehead atoms. The van der Waals surface area contributed by atoms with Crippen molar-refractivity contribution in [3.63, 3.8) is 0 Å². The minimum atomic E-state index is -0.225. The van der Waals surface area contributed by atoms with Crippen LogP contribution in [-0.4, -0.2) is 14.9 Å². The van der Waals surface area contributed by atoms with Crippen LogP contribution in [0.15, 0.2) is 65.6 Å². The molecule has 0 amide bonds. The second kappa shape index (κ2) is 5.22. The topological polar surface area (TPSA) is 46.9 Å². The first-order chi connectivity index (χ1) is 9.75. The summed E-state index contributed by atoms with van der Waals surface area (Å²) in [5.41, 5.74) is 0.593. The van der Waals surface area contributed by atoms with Crippen LogP contribution in [0.5, 0.6) is 0 Å². The predicted molar refractivity (Wildman–Crippen MR) is 84.1 cm³/mol. The first-order valence-electron chi connectivity index (χ1n) is 6.09. The van der Waals surface area contributed by atoms with E-state index in [1.807, 2.05) is 48.5 Å². The van der Waals surface area contributed by atoms with Crippen molar-refractivity contribution in [2.24, 2.45) is 0 Å². The lowest BCUT2D eigenvalue weighted by atomic mass is 10.2. The number of benzene rings is 2. The highest BCUT2D eigenvalue weighted by Gasteiger charge is 2.07. The first-order valence-corrected chi connectivity index (χ1v) is 6.50. The molecule has 0 saturated carbocycles. The monoisotopic (exact) mass is 281 g/mol. The van der Waals surface area contributed by atoms with Gasteiger partial charge in [-0.3, -0.25) is 4.79 Å². The van der Waals surface area contributed by atoms with Gasteiger partial charge in [0, 0.05) is 11.1 Å². The lowest BCUT2D eigenvalue weighted by Gasteiger charge is -2.09.